The number of fused-ring (bicyclic) bond motifs is 1. The van der Waals surface area contributed by atoms with E-state index in [-0.39, 0.29) is 12.1 Å². The number of rotatable bonds is 3. The van der Waals surface area contributed by atoms with Crippen LogP contribution >= 0.6 is 0 Å². The zero-order valence-corrected chi connectivity index (χ0v) is 14.2. The van der Waals surface area contributed by atoms with E-state index < -0.39 is 10.0 Å². The molecule has 6 heteroatoms. The van der Waals surface area contributed by atoms with Crippen LogP contribution in [0.2, 0.25) is 0 Å². The standard InChI is InChI=1S/C17H21NO4S/c1-12-3-5-17(6-4-12)23(20,21)18-8-7-14-9-16(22-13(2)19)10-15(14)11-18/h3-6,11,14,16H,7-10H2,1-2H3/t14-,16+/m0/s1. The summed E-state index contributed by atoms with van der Waals surface area (Å²) in [5.41, 5.74) is 2.10. The van der Waals surface area contributed by atoms with Crippen molar-refractivity contribution < 1.29 is 17.9 Å². The van der Waals surface area contributed by atoms with Crippen molar-refractivity contribution in [2.24, 2.45) is 5.92 Å². The smallest absolute Gasteiger partial charge is 0.302 e. The van der Waals surface area contributed by atoms with E-state index in [1.54, 1.807) is 30.5 Å². The van der Waals surface area contributed by atoms with Crippen LogP contribution in [-0.2, 0) is 19.6 Å². The maximum absolute atomic E-state index is 12.7. The molecule has 23 heavy (non-hydrogen) atoms. The van der Waals surface area contributed by atoms with E-state index in [1.165, 1.54) is 11.2 Å². The highest BCUT2D eigenvalue weighted by molar-refractivity contribution is 7.89. The first-order valence-electron chi connectivity index (χ1n) is 7.82. The molecule has 1 aliphatic heterocycles. The molecule has 0 N–H and O–H groups in total. The van der Waals surface area contributed by atoms with Gasteiger partial charge >= 0.3 is 5.97 Å². The Morgan fingerprint density at radius 2 is 1.96 bits per heavy atom. The van der Waals surface area contributed by atoms with Crippen LogP contribution in [0.3, 0.4) is 0 Å². The Morgan fingerprint density at radius 3 is 2.61 bits per heavy atom. The van der Waals surface area contributed by atoms with Crippen molar-refractivity contribution in [1.82, 2.24) is 4.31 Å². The molecule has 1 aromatic rings. The van der Waals surface area contributed by atoms with Crippen LogP contribution in [0.25, 0.3) is 0 Å². The number of hydrogen-bond acceptors (Lipinski definition) is 4. The lowest BCUT2D eigenvalue weighted by atomic mass is 9.97. The Balaban J connectivity index is 1.81. The van der Waals surface area contributed by atoms with Gasteiger partial charge < -0.3 is 4.74 Å². The molecule has 0 saturated heterocycles. The van der Waals surface area contributed by atoms with E-state index in [0.717, 1.165) is 24.0 Å². The number of aryl methyl sites for hydroxylation is 1. The molecule has 0 bridgehead atoms. The topological polar surface area (TPSA) is 63.7 Å². The van der Waals surface area contributed by atoms with Crippen LogP contribution in [0.5, 0.6) is 0 Å². The number of sulfonamides is 1. The summed E-state index contributed by atoms with van der Waals surface area (Å²) in [4.78, 5) is 11.4. The van der Waals surface area contributed by atoms with Crippen molar-refractivity contribution in [1.29, 1.82) is 0 Å². The zero-order chi connectivity index (χ0) is 16.6. The molecule has 1 fully saturated rings. The highest BCUT2D eigenvalue weighted by atomic mass is 32.2. The largest absolute Gasteiger partial charge is 0.462 e. The number of carbonyl (C=O) groups excluding carboxylic acids is 1. The molecule has 0 aromatic heterocycles. The molecule has 124 valence electrons. The molecule has 1 saturated carbocycles. The molecule has 0 spiro atoms. The third-order valence-electron chi connectivity index (χ3n) is 4.50. The minimum atomic E-state index is -3.51. The number of carbonyl (C=O) groups is 1. The van der Waals surface area contributed by atoms with Gasteiger partial charge in [-0.1, -0.05) is 17.7 Å². The van der Waals surface area contributed by atoms with Gasteiger partial charge in [0.1, 0.15) is 6.10 Å². The van der Waals surface area contributed by atoms with Crippen molar-refractivity contribution in [3.63, 3.8) is 0 Å². The van der Waals surface area contributed by atoms with E-state index in [0.29, 0.717) is 23.8 Å². The molecule has 1 heterocycles. The van der Waals surface area contributed by atoms with Gasteiger partial charge in [-0.15, -0.1) is 0 Å². The molecular weight excluding hydrogens is 314 g/mol. The monoisotopic (exact) mass is 335 g/mol. The van der Waals surface area contributed by atoms with Gasteiger partial charge in [-0.3, -0.25) is 9.10 Å². The van der Waals surface area contributed by atoms with Crippen molar-refractivity contribution in [3.05, 3.63) is 41.6 Å². The second-order valence-electron chi connectivity index (χ2n) is 6.29. The van der Waals surface area contributed by atoms with Gasteiger partial charge in [-0.25, -0.2) is 8.42 Å². The predicted molar refractivity (Wildman–Crippen MR) is 86.0 cm³/mol. The van der Waals surface area contributed by atoms with Crippen LogP contribution in [0.4, 0.5) is 0 Å². The molecule has 2 atom stereocenters. The quantitative estimate of drug-likeness (QED) is 0.797. The minimum Gasteiger partial charge on any atom is -0.462 e. The van der Waals surface area contributed by atoms with Gasteiger partial charge in [0.25, 0.3) is 10.0 Å². The van der Waals surface area contributed by atoms with Gasteiger partial charge in [0, 0.05) is 26.1 Å². The first kappa shape index (κ1) is 16.1. The van der Waals surface area contributed by atoms with Gasteiger partial charge in [0.05, 0.1) is 4.90 Å². The molecule has 0 radical (unpaired) electrons. The van der Waals surface area contributed by atoms with Crippen LogP contribution in [0.15, 0.2) is 40.9 Å². The second kappa shape index (κ2) is 6.00. The minimum absolute atomic E-state index is 0.120. The summed E-state index contributed by atoms with van der Waals surface area (Å²) in [6, 6.07) is 6.90. The molecule has 5 nitrogen and oxygen atoms in total. The van der Waals surface area contributed by atoms with Gasteiger partial charge in [0.2, 0.25) is 0 Å². The number of hydrogen-bond donors (Lipinski definition) is 0. The molecule has 1 aromatic carbocycles. The Labute approximate surface area is 137 Å². The number of ether oxygens (including phenoxy) is 1. The third-order valence-corrected chi connectivity index (χ3v) is 6.28. The highest BCUT2D eigenvalue weighted by Crippen LogP contribution is 2.39. The molecular formula is C17H21NO4S. The summed E-state index contributed by atoms with van der Waals surface area (Å²) in [6.07, 6.45) is 3.82. The highest BCUT2D eigenvalue weighted by Gasteiger charge is 2.36. The van der Waals surface area contributed by atoms with E-state index in [9.17, 15) is 13.2 Å². The SMILES string of the molecule is CC(=O)O[C@H]1CC2=CN(S(=O)(=O)c3ccc(C)cc3)CC[C@H]2C1. The first-order chi connectivity index (χ1) is 10.9. The van der Waals surface area contributed by atoms with E-state index in [4.69, 9.17) is 4.74 Å². The molecule has 0 amide bonds. The van der Waals surface area contributed by atoms with Crippen molar-refractivity contribution in [2.45, 2.75) is 44.1 Å². The van der Waals surface area contributed by atoms with Gasteiger partial charge in [-0.05, 0) is 43.4 Å². The zero-order valence-electron chi connectivity index (χ0n) is 13.4. The lowest BCUT2D eigenvalue weighted by Crippen LogP contribution is -2.31. The van der Waals surface area contributed by atoms with Crippen molar-refractivity contribution in [3.8, 4) is 0 Å². The van der Waals surface area contributed by atoms with Crippen LogP contribution in [0.1, 0.15) is 31.7 Å². The first-order valence-corrected chi connectivity index (χ1v) is 9.26. The van der Waals surface area contributed by atoms with E-state index >= 15 is 0 Å². The fourth-order valence-electron chi connectivity index (χ4n) is 3.34. The molecule has 1 aliphatic carbocycles. The van der Waals surface area contributed by atoms with Gasteiger partial charge in [0.15, 0.2) is 0 Å². The van der Waals surface area contributed by atoms with E-state index in [2.05, 4.69) is 0 Å². The summed E-state index contributed by atoms with van der Waals surface area (Å²) in [5, 5.41) is 0. The summed E-state index contributed by atoms with van der Waals surface area (Å²) >= 11 is 0. The Morgan fingerprint density at radius 1 is 1.26 bits per heavy atom. The summed E-state index contributed by atoms with van der Waals surface area (Å²) in [5.74, 6) is 0.0437. The normalized spacial score (nSPS) is 24.1. The maximum atomic E-state index is 12.7. The van der Waals surface area contributed by atoms with Crippen LogP contribution < -0.4 is 0 Å². The lowest BCUT2D eigenvalue weighted by molar-refractivity contribution is -0.145. The van der Waals surface area contributed by atoms with E-state index in [1.807, 2.05) is 6.92 Å². The molecule has 2 aliphatic rings. The lowest BCUT2D eigenvalue weighted by Gasteiger charge is -2.28. The molecule has 3 rings (SSSR count). The third kappa shape index (κ3) is 3.27. The number of benzene rings is 1. The average Bonchev–Trinajstić information content (AvgIpc) is 2.87. The van der Waals surface area contributed by atoms with Gasteiger partial charge in [-0.2, -0.15) is 0 Å². The summed E-state index contributed by atoms with van der Waals surface area (Å²) in [6.45, 7) is 3.80. The number of esters is 1. The fraction of sp³-hybridized carbons (Fsp3) is 0.471. The average molecular weight is 335 g/mol. The predicted octanol–water partition coefficient (Wildman–Crippen LogP) is 2.62. The molecule has 0 unspecified atom stereocenters. The number of nitrogens with zero attached hydrogens (tertiary/aromatic N) is 1. The van der Waals surface area contributed by atoms with Crippen LogP contribution in [-0.4, -0.2) is 31.3 Å². The Hall–Kier alpha value is -1.82. The summed E-state index contributed by atoms with van der Waals surface area (Å²) in [7, 11) is -3.51. The van der Waals surface area contributed by atoms with Crippen molar-refractivity contribution >= 4 is 16.0 Å². The van der Waals surface area contributed by atoms with Crippen molar-refractivity contribution in [2.75, 3.05) is 6.54 Å². The maximum Gasteiger partial charge on any atom is 0.302 e. The Kier molecular flexibility index (Phi) is 4.19. The summed E-state index contributed by atoms with van der Waals surface area (Å²) < 4.78 is 32.2. The van der Waals surface area contributed by atoms with Crippen LogP contribution in [0, 0.1) is 12.8 Å². The second-order valence-corrected chi connectivity index (χ2v) is 8.18. The Bertz CT molecular complexity index is 736. The fourth-order valence-corrected chi connectivity index (χ4v) is 4.71.